The fourth-order valence-corrected chi connectivity index (χ4v) is 5.15. The number of likely N-dealkylation sites (tertiary alicyclic amines) is 1. The maximum atomic E-state index is 13.5. The molecule has 37 heavy (non-hydrogen) atoms. The summed E-state index contributed by atoms with van der Waals surface area (Å²) in [6, 6.07) is 10.9. The number of pyridine rings is 2. The van der Waals surface area contributed by atoms with Crippen LogP contribution in [0, 0.1) is 5.92 Å². The van der Waals surface area contributed by atoms with Crippen LogP contribution in [-0.4, -0.2) is 70.6 Å². The van der Waals surface area contributed by atoms with Gasteiger partial charge in [0.2, 0.25) is 5.91 Å². The van der Waals surface area contributed by atoms with Crippen LogP contribution in [0.25, 0.3) is 10.9 Å². The number of aromatic nitrogens is 2. The second kappa shape index (κ2) is 12.4. The summed E-state index contributed by atoms with van der Waals surface area (Å²) >= 11 is 6.20. The van der Waals surface area contributed by atoms with Gasteiger partial charge in [0.1, 0.15) is 0 Å². The summed E-state index contributed by atoms with van der Waals surface area (Å²) in [5.74, 6) is -0.304. The Balaban J connectivity index is 1.34. The van der Waals surface area contributed by atoms with Gasteiger partial charge < -0.3 is 20.6 Å². The van der Waals surface area contributed by atoms with Crippen molar-refractivity contribution >= 4 is 34.3 Å². The Hall–Kier alpha value is -3.07. The number of likely N-dealkylation sites (N-methyl/N-ethyl adjacent to an activating group) is 1. The summed E-state index contributed by atoms with van der Waals surface area (Å²) in [5.41, 5.74) is 1.44. The van der Waals surface area contributed by atoms with Crippen LogP contribution in [0.1, 0.15) is 41.6 Å². The molecule has 1 aromatic carbocycles. The van der Waals surface area contributed by atoms with Gasteiger partial charge in [-0.25, -0.2) is 0 Å². The van der Waals surface area contributed by atoms with Gasteiger partial charge in [0, 0.05) is 61.6 Å². The fourth-order valence-electron chi connectivity index (χ4n) is 4.93. The van der Waals surface area contributed by atoms with E-state index >= 15 is 0 Å². The summed E-state index contributed by atoms with van der Waals surface area (Å²) in [6.07, 6.45) is 8.15. The number of halogens is 1. The minimum atomic E-state index is -0.766. The zero-order valence-electron chi connectivity index (χ0n) is 21.1. The molecular weight excluding hydrogens is 490 g/mol. The van der Waals surface area contributed by atoms with Crippen LogP contribution >= 0.6 is 11.6 Å². The summed E-state index contributed by atoms with van der Waals surface area (Å²) in [4.78, 5) is 36.6. The van der Waals surface area contributed by atoms with E-state index < -0.39 is 5.60 Å². The number of amides is 2. The number of aliphatic hydroxyl groups is 1. The van der Waals surface area contributed by atoms with Crippen LogP contribution in [0.2, 0.25) is 5.02 Å². The number of nitrogens with zero attached hydrogens (tertiary/aromatic N) is 3. The molecule has 4 rings (SSSR count). The summed E-state index contributed by atoms with van der Waals surface area (Å²) in [5, 5.41) is 18.1. The number of carbonyl (C=O) groups is 2. The first kappa shape index (κ1) is 27.0. The van der Waals surface area contributed by atoms with Crippen LogP contribution in [0.5, 0.6) is 0 Å². The molecule has 3 heterocycles. The number of hydrogen-bond donors (Lipinski definition) is 3. The quantitative estimate of drug-likeness (QED) is 0.352. The summed E-state index contributed by atoms with van der Waals surface area (Å²) < 4.78 is 0. The molecule has 0 bridgehead atoms. The van der Waals surface area contributed by atoms with E-state index in [1.165, 1.54) is 0 Å². The Morgan fingerprint density at radius 1 is 1.19 bits per heavy atom. The number of rotatable bonds is 10. The standard InChI is InChI=1S/C28H34ClN5O3/c1-30-19-28(37)9-14-34(15-10-28)27(36)22(16-20-4-2-11-31-18-20)5-3-12-33-26(35)21-6-7-23-24(29)8-13-32-25(23)17-21/h2,4,6-8,11,13,17-18,22,30,37H,3,5,9-10,12,14-16,19H2,1H3,(H,33,35). The number of benzene rings is 1. The van der Waals surface area contributed by atoms with Crippen molar-refractivity contribution in [1.29, 1.82) is 0 Å². The molecule has 0 aliphatic carbocycles. The molecule has 1 aliphatic rings. The van der Waals surface area contributed by atoms with Crippen molar-refractivity contribution in [3.8, 4) is 0 Å². The highest BCUT2D eigenvalue weighted by Crippen LogP contribution is 2.25. The molecule has 1 saturated heterocycles. The van der Waals surface area contributed by atoms with Crippen LogP contribution in [0.4, 0.5) is 0 Å². The molecule has 196 valence electrons. The first-order valence-electron chi connectivity index (χ1n) is 12.8. The first-order chi connectivity index (χ1) is 17.9. The van der Waals surface area contributed by atoms with E-state index in [9.17, 15) is 14.7 Å². The maximum absolute atomic E-state index is 13.5. The van der Waals surface area contributed by atoms with E-state index in [4.69, 9.17) is 11.6 Å². The SMILES string of the molecule is CNCC1(O)CCN(C(=O)C(CCCNC(=O)c2ccc3c(Cl)ccnc3c2)Cc2cccnc2)CC1. The Morgan fingerprint density at radius 2 is 2.00 bits per heavy atom. The molecule has 1 fully saturated rings. The molecule has 2 aromatic heterocycles. The molecule has 1 unspecified atom stereocenters. The van der Waals surface area contributed by atoms with Crippen LogP contribution in [0.15, 0.2) is 55.0 Å². The average Bonchev–Trinajstić information content (AvgIpc) is 2.91. The van der Waals surface area contributed by atoms with Gasteiger partial charge in [-0.2, -0.15) is 0 Å². The minimum Gasteiger partial charge on any atom is -0.388 e. The molecule has 0 saturated carbocycles. The first-order valence-corrected chi connectivity index (χ1v) is 13.1. The molecule has 2 amide bonds. The van der Waals surface area contributed by atoms with Crippen LogP contribution < -0.4 is 10.6 Å². The van der Waals surface area contributed by atoms with Gasteiger partial charge in [-0.3, -0.25) is 19.6 Å². The van der Waals surface area contributed by atoms with Crippen LogP contribution in [-0.2, 0) is 11.2 Å². The highest BCUT2D eigenvalue weighted by atomic mass is 35.5. The maximum Gasteiger partial charge on any atom is 0.251 e. The smallest absolute Gasteiger partial charge is 0.251 e. The molecule has 8 nitrogen and oxygen atoms in total. The molecule has 1 aliphatic heterocycles. The Kier molecular flexibility index (Phi) is 9.08. The molecule has 0 spiro atoms. The van der Waals surface area contributed by atoms with Crippen LogP contribution in [0.3, 0.4) is 0 Å². The highest BCUT2D eigenvalue weighted by Gasteiger charge is 2.35. The highest BCUT2D eigenvalue weighted by molar-refractivity contribution is 6.35. The molecule has 9 heteroatoms. The molecule has 1 atom stereocenters. The van der Waals surface area contributed by atoms with Gasteiger partial charge in [0.25, 0.3) is 5.91 Å². The Labute approximate surface area is 222 Å². The normalized spacial score (nSPS) is 15.9. The third-order valence-corrected chi connectivity index (χ3v) is 7.36. The topological polar surface area (TPSA) is 107 Å². The minimum absolute atomic E-state index is 0.0965. The van der Waals surface area contributed by atoms with Gasteiger partial charge in [0.05, 0.1) is 16.1 Å². The number of hydrogen-bond acceptors (Lipinski definition) is 6. The predicted octanol–water partition coefficient (Wildman–Crippen LogP) is 3.23. The molecule has 3 N–H and O–H groups in total. The van der Waals surface area contributed by atoms with Gasteiger partial charge in [0.15, 0.2) is 0 Å². The van der Waals surface area contributed by atoms with E-state index in [1.54, 1.807) is 42.9 Å². The third-order valence-electron chi connectivity index (χ3n) is 7.03. The number of piperidine rings is 1. The van der Waals surface area contributed by atoms with E-state index in [0.29, 0.717) is 74.4 Å². The van der Waals surface area contributed by atoms with Gasteiger partial charge in [-0.05, 0) is 69.0 Å². The summed E-state index contributed by atoms with van der Waals surface area (Å²) in [7, 11) is 1.82. The lowest BCUT2D eigenvalue weighted by atomic mass is 9.89. The van der Waals surface area contributed by atoms with E-state index in [0.717, 1.165) is 10.9 Å². The monoisotopic (exact) mass is 523 g/mol. The van der Waals surface area contributed by atoms with Crippen molar-refractivity contribution in [2.75, 3.05) is 33.2 Å². The van der Waals surface area contributed by atoms with Gasteiger partial charge in [-0.1, -0.05) is 23.7 Å². The fraction of sp³-hybridized carbons (Fsp3) is 0.429. The van der Waals surface area contributed by atoms with Crippen molar-refractivity contribution in [3.05, 3.63) is 71.1 Å². The molecular formula is C28H34ClN5O3. The number of carbonyl (C=O) groups excluding carboxylic acids is 2. The Bertz CT molecular complexity index is 1210. The van der Waals surface area contributed by atoms with Gasteiger partial charge >= 0.3 is 0 Å². The zero-order valence-corrected chi connectivity index (χ0v) is 21.9. The molecule has 0 radical (unpaired) electrons. The summed E-state index contributed by atoms with van der Waals surface area (Å²) in [6.45, 7) is 2.06. The number of fused-ring (bicyclic) bond motifs is 1. The van der Waals surface area contributed by atoms with Crippen molar-refractivity contribution in [1.82, 2.24) is 25.5 Å². The second-order valence-electron chi connectivity index (χ2n) is 9.77. The van der Waals surface area contributed by atoms with E-state index in [-0.39, 0.29) is 17.7 Å². The average molecular weight is 524 g/mol. The lowest BCUT2D eigenvalue weighted by Crippen LogP contribution is -2.52. The second-order valence-corrected chi connectivity index (χ2v) is 10.2. The van der Waals surface area contributed by atoms with Crippen molar-refractivity contribution in [2.45, 2.75) is 37.7 Å². The van der Waals surface area contributed by atoms with Crippen molar-refractivity contribution in [3.63, 3.8) is 0 Å². The zero-order chi connectivity index (χ0) is 26.3. The lowest BCUT2D eigenvalue weighted by Gasteiger charge is -2.39. The van der Waals surface area contributed by atoms with E-state index in [2.05, 4.69) is 20.6 Å². The molecule has 3 aromatic rings. The third kappa shape index (κ3) is 7.03. The van der Waals surface area contributed by atoms with E-state index in [1.807, 2.05) is 24.1 Å². The van der Waals surface area contributed by atoms with Crippen molar-refractivity contribution in [2.24, 2.45) is 5.92 Å². The Morgan fingerprint density at radius 3 is 2.73 bits per heavy atom. The lowest BCUT2D eigenvalue weighted by molar-refractivity contribution is -0.139. The largest absolute Gasteiger partial charge is 0.388 e. The predicted molar refractivity (Wildman–Crippen MR) is 144 cm³/mol. The van der Waals surface area contributed by atoms with Crippen molar-refractivity contribution < 1.29 is 14.7 Å². The van der Waals surface area contributed by atoms with Gasteiger partial charge in [-0.15, -0.1) is 0 Å². The number of nitrogens with one attached hydrogen (secondary N) is 2.